The van der Waals surface area contributed by atoms with Crippen molar-refractivity contribution in [3.8, 4) is 0 Å². The lowest BCUT2D eigenvalue weighted by Crippen LogP contribution is -2.21. The molecule has 7 heteroatoms. The van der Waals surface area contributed by atoms with Gasteiger partial charge in [-0.1, -0.05) is 26.7 Å². The Hall–Kier alpha value is -0.550. The normalized spacial score (nSPS) is 14.3. The molecular formula is C14H31N2O4P. The Labute approximate surface area is 129 Å². The molecule has 0 bridgehead atoms. The second kappa shape index (κ2) is 12.0. The number of hydrogen-bond acceptors (Lipinski definition) is 5. The molecular weight excluding hydrogens is 291 g/mol. The molecule has 0 amide bonds. The number of rotatable bonds is 9. The summed E-state index contributed by atoms with van der Waals surface area (Å²) in [7, 11) is -1.68. The van der Waals surface area contributed by atoms with E-state index in [4.69, 9.17) is 13.9 Å². The van der Waals surface area contributed by atoms with E-state index in [-0.39, 0.29) is 13.2 Å². The highest BCUT2D eigenvalue weighted by atomic mass is 31.2. The quantitative estimate of drug-likeness (QED) is 0.518. The summed E-state index contributed by atoms with van der Waals surface area (Å²) in [6, 6.07) is 0. The standard InChI is InChI=1S/C8H19O4P.C6H12N2/c1-3-5-7-11-13(9,10)12-8-6-4-2;1-3-8-5-4-7(2)6-8/h3-8H2,1-2H3,(H,9,10);4-5H,3,6H2,1-2H3. The van der Waals surface area contributed by atoms with Gasteiger partial charge in [-0.25, -0.2) is 4.57 Å². The van der Waals surface area contributed by atoms with Gasteiger partial charge in [0, 0.05) is 26.0 Å². The molecule has 1 heterocycles. The van der Waals surface area contributed by atoms with Gasteiger partial charge in [-0.2, -0.15) is 0 Å². The molecule has 0 atom stereocenters. The van der Waals surface area contributed by atoms with Crippen LogP contribution < -0.4 is 0 Å². The SMILES string of the molecule is CCCCOP(=O)(O)OCCCC.CCN1C=CN(C)C1. The van der Waals surface area contributed by atoms with Crippen molar-refractivity contribution in [3.63, 3.8) is 0 Å². The number of unbranched alkanes of at least 4 members (excludes halogenated alkanes) is 2. The third kappa shape index (κ3) is 11.8. The molecule has 1 N–H and O–H groups in total. The fourth-order valence-corrected chi connectivity index (χ4v) is 2.27. The van der Waals surface area contributed by atoms with Crippen molar-refractivity contribution >= 4 is 7.82 Å². The van der Waals surface area contributed by atoms with E-state index in [0.717, 1.165) is 38.9 Å². The summed E-state index contributed by atoms with van der Waals surface area (Å²) in [5.41, 5.74) is 0. The van der Waals surface area contributed by atoms with Crippen LogP contribution in [-0.2, 0) is 13.6 Å². The molecule has 6 nitrogen and oxygen atoms in total. The second-order valence-corrected chi connectivity index (χ2v) is 6.40. The lowest BCUT2D eigenvalue weighted by Gasteiger charge is -2.14. The molecule has 1 aliphatic heterocycles. The molecule has 0 spiro atoms. The van der Waals surface area contributed by atoms with E-state index >= 15 is 0 Å². The Bertz CT molecular complexity index is 312. The predicted octanol–water partition coefficient (Wildman–Crippen LogP) is 3.40. The number of nitrogens with zero attached hydrogens (tertiary/aromatic N) is 2. The largest absolute Gasteiger partial charge is 0.472 e. The van der Waals surface area contributed by atoms with Crippen LogP contribution in [0.1, 0.15) is 46.5 Å². The Morgan fingerprint density at radius 1 is 1.10 bits per heavy atom. The van der Waals surface area contributed by atoms with Crippen molar-refractivity contribution in [2.24, 2.45) is 0 Å². The zero-order valence-electron chi connectivity index (χ0n) is 13.8. The van der Waals surface area contributed by atoms with Gasteiger partial charge in [0.25, 0.3) is 0 Å². The Morgan fingerprint density at radius 2 is 1.62 bits per heavy atom. The first-order valence-electron chi connectivity index (χ1n) is 7.69. The predicted molar refractivity (Wildman–Crippen MR) is 85.7 cm³/mol. The minimum absolute atomic E-state index is 0.288. The summed E-state index contributed by atoms with van der Waals surface area (Å²) in [5, 5.41) is 0. The Morgan fingerprint density at radius 3 is 1.90 bits per heavy atom. The molecule has 0 aromatic carbocycles. The summed E-state index contributed by atoms with van der Waals surface area (Å²) in [4.78, 5) is 13.5. The van der Waals surface area contributed by atoms with Crippen LogP contribution in [0, 0.1) is 0 Å². The number of hydrogen-bond donors (Lipinski definition) is 1. The van der Waals surface area contributed by atoms with Gasteiger partial charge in [0.05, 0.1) is 19.9 Å². The van der Waals surface area contributed by atoms with Gasteiger partial charge in [0.2, 0.25) is 0 Å². The van der Waals surface area contributed by atoms with E-state index in [1.54, 1.807) is 0 Å². The molecule has 0 unspecified atom stereocenters. The third-order valence-corrected chi connectivity index (χ3v) is 3.87. The number of phosphoric acid groups is 1. The highest BCUT2D eigenvalue weighted by Crippen LogP contribution is 2.43. The van der Waals surface area contributed by atoms with Crippen LogP contribution in [0.3, 0.4) is 0 Å². The van der Waals surface area contributed by atoms with E-state index in [1.165, 1.54) is 0 Å². The van der Waals surface area contributed by atoms with Crippen LogP contribution in [-0.4, -0.2) is 48.2 Å². The first-order valence-corrected chi connectivity index (χ1v) is 9.19. The molecule has 0 saturated carbocycles. The van der Waals surface area contributed by atoms with Crippen LogP contribution >= 0.6 is 7.82 Å². The van der Waals surface area contributed by atoms with Crippen molar-refractivity contribution in [1.82, 2.24) is 9.80 Å². The summed E-state index contributed by atoms with van der Waals surface area (Å²) < 4.78 is 20.5. The Balaban J connectivity index is 0.000000423. The van der Waals surface area contributed by atoms with Crippen LogP contribution in [0.15, 0.2) is 12.4 Å². The minimum atomic E-state index is -3.75. The monoisotopic (exact) mass is 322 g/mol. The van der Waals surface area contributed by atoms with Crippen LogP contribution in [0.25, 0.3) is 0 Å². The van der Waals surface area contributed by atoms with Crippen molar-refractivity contribution < 1.29 is 18.5 Å². The fraction of sp³-hybridized carbons (Fsp3) is 0.857. The molecule has 126 valence electrons. The molecule has 0 saturated heterocycles. The van der Waals surface area contributed by atoms with Crippen molar-refractivity contribution in [1.29, 1.82) is 0 Å². The van der Waals surface area contributed by atoms with E-state index < -0.39 is 7.82 Å². The molecule has 21 heavy (non-hydrogen) atoms. The van der Waals surface area contributed by atoms with E-state index in [2.05, 4.69) is 36.2 Å². The van der Waals surface area contributed by atoms with Gasteiger partial charge in [-0.05, 0) is 19.8 Å². The van der Waals surface area contributed by atoms with E-state index in [9.17, 15) is 4.57 Å². The molecule has 1 aliphatic rings. The minimum Gasteiger partial charge on any atom is -0.362 e. The van der Waals surface area contributed by atoms with Crippen molar-refractivity contribution in [3.05, 3.63) is 12.4 Å². The summed E-state index contributed by atoms with van der Waals surface area (Å²) in [6.45, 7) is 8.88. The smallest absolute Gasteiger partial charge is 0.362 e. The zero-order valence-corrected chi connectivity index (χ0v) is 14.7. The van der Waals surface area contributed by atoms with Gasteiger partial charge in [0.1, 0.15) is 0 Å². The first kappa shape index (κ1) is 20.5. The van der Waals surface area contributed by atoms with Crippen LogP contribution in [0.2, 0.25) is 0 Å². The van der Waals surface area contributed by atoms with Gasteiger partial charge in [-0.3, -0.25) is 9.05 Å². The van der Waals surface area contributed by atoms with Crippen molar-refractivity contribution in [2.45, 2.75) is 46.5 Å². The number of phosphoric ester groups is 1. The summed E-state index contributed by atoms with van der Waals surface area (Å²) >= 11 is 0. The van der Waals surface area contributed by atoms with Gasteiger partial charge in [-0.15, -0.1) is 0 Å². The molecule has 0 aliphatic carbocycles. The molecule has 0 radical (unpaired) electrons. The van der Waals surface area contributed by atoms with Crippen LogP contribution in [0.5, 0.6) is 0 Å². The van der Waals surface area contributed by atoms with Gasteiger partial charge < -0.3 is 14.7 Å². The summed E-state index contributed by atoms with van der Waals surface area (Å²) in [5.74, 6) is 0. The maximum absolute atomic E-state index is 11.1. The first-order chi connectivity index (χ1) is 9.95. The maximum atomic E-state index is 11.1. The topological polar surface area (TPSA) is 62.2 Å². The molecule has 0 aromatic rings. The second-order valence-electron chi connectivity index (χ2n) is 4.94. The zero-order chi connectivity index (χ0) is 16.1. The maximum Gasteiger partial charge on any atom is 0.472 e. The Kier molecular flexibility index (Phi) is 11.7. The highest BCUT2D eigenvalue weighted by Gasteiger charge is 2.19. The molecule has 0 aromatic heterocycles. The third-order valence-electron chi connectivity index (χ3n) is 2.85. The average molecular weight is 322 g/mol. The fourth-order valence-electron chi connectivity index (χ4n) is 1.48. The van der Waals surface area contributed by atoms with Crippen molar-refractivity contribution in [2.75, 3.05) is 33.5 Å². The average Bonchev–Trinajstić information content (AvgIpc) is 2.86. The lowest BCUT2D eigenvalue weighted by molar-refractivity contribution is 0.146. The summed E-state index contributed by atoms with van der Waals surface area (Å²) in [6.07, 6.45) is 7.64. The highest BCUT2D eigenvalue weighted by molar-refractivity contribution is 7.47. The van der Waals surface area contributed by atoms with Gasteiger partial charge in [0.15, 0.2) is 0 Å². The van der Waals surface area contributed by atoms with Gasteiger partial charge >= 0.3 is 7.82 Å². The lowest BCUT2D eigenvalue weighted by atomic mass is 10.4. The molecule has 0 fully saturated rings. The van der Waals surface area contributed by atoms with Crippen LogP contribution in [0.4, 0.5) is 0 Å². The van der Waals surface area contributed by atoms with E-state index in [1.807, 2.05) is 13.8 Å². The molecule has 1 rings (SSSR count). The van der Waals surface area contributed by atoms with E-state index in [0.29, 0.717) is 0 Å².